The van der Waals surface area contributed by atoms with E-state index >= 15 is 0 Å². The van der Waals surface area contributed by atoms with E-state index in [1.54, 1.807) is 0 Å². The van der Waals surface area contributed by atoms with E-state index in [4.69, 9.17) is 10.5 Å². The Morgan fingerprint density at radius 2 is 2.15 bits per heavy atom. The van der Waals surface area contributed by atoms with Crippen molar-refractivity contribution in [3.8, 4) is 0 Å². The molecule has 1 aromatic carbocycles. The van der Waals surface area contributed by atoms with E-state index in [9.17, 15) is 0 Å². The van der Waals surface area contributed by atoms with Gasteiger partial charge in [0, 0.05) is 25.7 Å². The molecule has 2 aliphatic rings. The van der Waals surface area contributed by atoms with Gasteiger partial charge in [-0.1, -0.05) is 24.3 Å². The smallest absolute Gasteiger partial charge is 0.0710 e. The van der Waals surface area contributed by atoms with Crippen LogP contribution >= 0.6 is 0 Å². The van der Waals surface area contributed by atoms with E-state index < -0.39 is 0 Å². The zero-order valence-corrected chi connectivity index (χ0v) is 12.6. The molecule has 0 saturated carbocycles. The molecule has 20 heavy (non-hydrogen) atoms. The zero-order chi connectivity index (χ0) is 14.2. The summed E-state index contributed by atoms with van der Waals surface area (Å²) in [5, 5.41) is 0. The van der Waals surface area contributed by atoms with Crippen LogP contribution in [0.15, 0.2) is 24.3 Å². The maximum atomic E-state index is 6.15. The molecule has 1 aromatic rings. The van der Waals surface area contributed by atoms with Crippen molar-refractivity contribution in [1.29, 1.82) is 0 Å². The van der Waals surface area contributed by atoms with Crippen LogP contribution in [0.25, 0.3) is 0 Å². The third-order valence-corrected chi connectivity index (χ3v) is 4.74. The average Bonchev–Trinajstić information content (AvgIpc) is 2.78. The van der Waals surface area contributed by atoms with Crippen molar-refractivity contribution in [3.05, 3.63) is 35.4 Å². The summed E-state index contributed by atoms with van der Waals surface area (Å²) < 4.78 is 6.15. The Morgan fingerprint density at radius 3 is 2.85 bits per heavy atom. The Labute approximate surface area is 122 Å². The highest BCUT2D eigenvalue weighted by molar-refractivity contribution is 5.32. The molecule has 3 heteroatoms. The monoisotopic (exact) mass is 274 g/mol. The van der Waals surface area contributed by atoms with Crippen LogP contribution in [0.3, 0.4) is 0 Å². The summed E-state index contributed by atoms with van der Waals surface area (Å²) in [5.41, 5.74) is 8.99. The molecule has 2 atom stereocenters. The number of nitrogens with zero attached hydrogens (tertiary/aromatic N) is 1. The summed E-state index contributed by atoms with van der Waals surface area (Å²) in [6.07, 6.45) is 3.82. The largest absolute Gasteiger partial charge is 0.371 e. The Balaban J connectivity index is 1.72. The molecule has 2 aliphatic heterocycles. The van der Waals surface area contributed by atoms with Gasteiger partial charge in [-0.2, -0.15) is 0 Å². The zero-order valence-electron chi connectivity index (χ0n) is 12.6. The van der Waals surface area contributed by atoms with Crippen LogP contribution in [-0.2, 0) is 11.2 Å². The first-order valence-electron chi connectivity index (χ1n) is 7.79. The molecule has 0 aromatic heterocycles. The number of benzene rings is 1. The Kier molecular flexibility index (Phi) is 3.85. The topological polar surface area (TPSA) is 38.5 Å². The summed E-state index contributed by atoms with van der Waals surface area (Å²) in [6, 6.07) is 9.08. The van der Waals surface area contributed by atoms with E-state index in [1.807, 2.05) is 0 Å². The van der Waals surface area contributed by atoms with Crippen molar-refractivity contribution in [3.63, 3.8) is 0 Å². The predicted molar refractivity (Wildman–Crippen MR) is 81.7 cm³/mol. The van der Waals surface area contributed by atoms with Crippen LogP contribution in [-0.4, -0.2) is 36.2 Å². The first kappa shape index (κ1) is 14.1. The summed E-state index contributed by atoms with van der Waals surface area (Å²) in [7, 11) is 0. The lowest BCUT2D eigenvalue weighted by atomic mass is 9.92. The second-order valence-electron chi connectivity index (χ2n) is 6.73. The van der Waals surface area contributed by atoms with E-state index in [0.29, 0.717) is 18.7 Å². The van der Waals surface area contributed by atoms with E-state index in [1.165, 1.54) is 17.5 Å². The van der Waals surface area contributed by atoms with Crippen molar-refractivity contribution in [2.24, 2.45) is 5.73 Å². The Bertz CT molecular complexity index is 472. The standard InChI is InChI=1S/C17H26N2O/c1-17(2)9-7-14(20-17)12-19-10-8-13-5-3-4-6-15(13)16(19)11-18/h3-6,14,16H,7-12,18H2,1-2H3. The highest BCUT2D eigenvalue weighted by Gasteiger charge is 2.35. The van der Waals surface area contributed by atoms with Gasteiger partial charge in [0.1, 0.15) is 0 Å². The van der Waals surface area contributed by atoms with Gasteiger partial charge in [-0.3, -0.25) is 4.90 Å². The van der Waals surface area contributed by atoms with Gasteiger partial charge in [-0.05, 0) is 44.2 Å². The van der Waals surface area contributed by atoms with Crippen molar-refractivity contribution < 1.29 is 4.74 Å². The number of hydrogen-bond acceptors (Lipinski definition) is 3. The van der Waals surface area contributed by atoms with Crippen LogP contribution in [0.4, 0.5) is 0 Å². The fourth-order valence-electron chi connectivity index (χ4n) is 3.67. The van der Waals surface area contributed by atoms with Crippen LogP contribution in [0.5, 0.6) is 0 Å². The first-order chi connectivity index (χ1) is 9.59. The number of ether oxygens (including phenoxy) is 1. The predicted octanol–water partition coefficient (Wildman–Crippen LogP) is 2.50. The maximum absolute atomic E-state index is 6.15. The molecule has 1 fully saturated rings. The molecule has 1 saturated heterocycles. The van der Waals surface area contributed by atoms with Crippen molar-refractivity contribution in [1.82, 2.24) is 4.90 Å². The van der Waals surface area contributed by atoms with Gasteiger partial charge in [-0.15, -0.1) is 0 Å². The van der Waals surface area contributed by atoms with Crippen LogP contribution in [0, 0.1) is 0 Å². The molecule has 2 N–H and O–H groups in total. The molecular formula is C17H26N2O. The normalized spacial score (nSPS) is 29.4. The molecule has 0 bridgehead atoms. The highest BCUT2D eigenvalue weighted by atomic mass is 16.5. The lowest BCUT2D eigenvalue weighted by Crippen LogP contribution is -2.43. The Hall–Kier alpha value is -0.900. The third kappa shape index (κ3) is 2.76. The van der Waals surface area contributed by atoms with Crippen LogP contribution < -0.4 is 5.73 Å². The quantitative estimate of drug-likeness (QED) is 0.920. The van der Waals surface area contributed by atoms with Crippen LogP contribution in [0.2, 0.25) is 0 Å². The number of fused-ring (bicyclic) bond motifs is 1. The van der Waals surface area contributed by atoms with Crippen molar-refractivity contribution >= 4 is 0 Å². The molecule has 2 unspecified atom stereocenters. The van der Waals surface area contributed by atoms with Gasteiger partial charge in [0.15, 0.2) is 0 Å². The highest BCUT2D eigenvalue weighted by Crippen LogP contribution is 2.33. The number of hydrogen-bond donors (Lipinski definition) is 1. The molecule has 0 aliphatic carbocycles. The molecule has 0 radical (unpaired) electrons. The molecule has 110 valence electrons. The molecule has 0 spiro atoms. The van der Waals surface area contributed by atoms with Gasteiger partial charge >= 0.3 is 0 Å². The fourth-order valence-corrected chi connectivity index (χ4v) is 3.67. The first-order valence-corrected chi connectivity index (χ1v) is 7.79. The van der Waals surface area contributed by atoms with Gasteiger partial charge < -0.3 is 10.5 Å². The third-order valence-electron chi connectivity index (χ3n) is 4.74. The molecule has 3 rings (SSSR count). The second kappa shape index (κ2) is 5.47. The van der Waals surface area contributed by atoms with Gasteiger partial charge in [0.2, 0.25) is 0 Å². The van der Waals surface area contributed by atoms with Crippen molar-refractivity contribution in [2.75, 3.05) is 19.6 Å². The number of rotatable bonds is 3. The lowest BCUT2D eigenvalue weighted by Gasteiger charge is -2.38. The van der Waals surface area contributed by atoms with E-state index in [2.05, 4.69) is 43.0 Å². The summed E-state index contributed by atoms with van der Waals surface area (Å²) in [6.45, 7) is 7.18. The van der Waals surface area contributed by atoms with E-state index in [0.717, 1.165) is 25.9 Å². The summed E-state index contributed by atoms with van der Waals surface area (Å²) in [5.74, 6) is 0. The Morgan fingerprint density at radius 1 is 1.35 bits per heavy atom. The number of nitrogens with two attached hydrogens (primary N) is 1. The molecule has 3 nitrogen and oxygen atoms in total. The lowest BCUT2D eigenvalue weighted by molar-refractivity contribution is -0.0344. The van der Waals surface area contributed by atoms with Crippen LogP contribution in [0.1, 0.15) is 43.9 Å². The minimum Gasteiger partial charge on any atom is -0.371 e. The van der Waals surface area contributed by atoms with Gasteiger partial charge in [-0.25, -0.2) is 0 Å². The fraction of sp³-hybridized carbons (Fsp3) is 0.647. The van der Waals surface area contributed by atoms with E-state index in [-0.39, 0.29) is 5.60 Å². The molecule has 2 heterocycles. The summed E-state index contributed by atoms with van der Waals surface area (Å²) in [4.78, 5) is 2.52. The minimum absolute atomic E-state index is 0.0522. The molecular weight excluding hydrogens is 248 g/mol. The average molecular weight is 274 g/mol. The minimum atomic E-state index is 0.0522. The molecule has 0 amide bonds. The SMILES string of the molecule is CC1(C)CCC(CN2CCc3ccccc3C2CN)O1. The van der Waals surface area contributed by atoms with Gasteiger partial charge in [0.25, 0.3) is 0 Å². The van der Waals surface area contributed by atoms with Gasteiger partial charge in [0.05, 0.1) is 11.7 Å². The van der Waals surface area contributed by atoms with Crippen molar-refractivity contribution in [2.45, 2.75) is 50.9 Å². The maximum Gasteiger partial charge on any atom is 0.0710 e. The summed E-state index contributed by atoms with van der Waals surface area (Å²) >= 11 is 0. The second-order valence-corrected chi connectivity index (χ2v) is 6.73.